The van der Waals surface area contributed by atoms with Crippen LogP contribution in [0.3, 0.4) is 0 Å². The lowest BCUT2D eigenvalue weighted by molar-refractivity contribution is 0.0953. The van der Waals surface area contributed by atoms with Gasteiger partial charge in [0.25, 0.3) is 5.91 Å². The molecule has 154 valence electrons. The van der Waals surface area contributed by atoms with Crippen molar-refractivity contribution in [3.8, 4) is 22.9 Å². The minimum absolute atomic E-state index is 0.215. The number of aromatic nitrogens is 3. The quantitative estimate of drug-likeness (QED) is 0.489. The van der Waals surface area contributed by atoms with Gasteiger partial charge in [-0.15, -0.1) is 16.4 Å². The lowest BCUT2D eigenvalue weighted by atomic mass is 10.2. The van der Waals surface area contributed by atoms with Crippen LogP contribution < -0.4 is 14.8 Å². The van der Waals surface area contributed by atoms with Gasteiger partial charge in [0.1, 0.15) is 5.82 Å². The first-order chi connectivity index (χ1) is 14.6. The van der Waals surface area contributed by atoms with E-state index in [1.807, 2.05) is 5.38 Å². The Morgan fingerprint density at radius 3 is 2.73 bits per heavy atom. The Morgan fingerprint density at radius 2 is 1.97 bits per heavy atom. The summed E-state index contributed by atoms with van der Waals surface area (Å²) in [6.45, 7) is 0.411. The van der Waals surface area contributed by atoms with Gasteiger partial charge in [-0.3, -0.25) is 4.79 Å². The van der Waals surface area contributed by atoms with E-state index in [1.54, 1.807) is 48.0 Å². The van der Waals surface area contributed by atoms with Crippen LogP contribution in [-0.4, -0.2) is 41.3 Å². The summed E-state index contributed by atoms with van der Waals surface area (Å²) in [5.74, 6) is 0.822. The average molecular weight is 426 g/mol. The molecule has 4 rings (SSSR count). The predicted octanol–water partition coefficient (Wildman–Crippen LogP) is 3.59. The van der Waals surface area contributed by atoms with Gasteiger partial charge in [0.15, 0.2) is 17.3 Å². The molecule has 0 aliphatic heterocycles. The summed E-state index contributed by atoms with van der Waals surface area (Å²) in [5.41, 5.74) is 1.73. The Bertz CT molecular complexity index is 1200. The number of methoxy groups -OCH3 is 2. The van der Waals surface area contributed by atoms with Crippen LogP contribution in [0.4, 0.5) is 4.39 Å². The highest BCUT2D eigenvalue weighted by atomic mass is 32.1. The minimum Gasteiger partial charge on any atom is -0.493 e. The number of nitrogens with one attached hydrogen (secondary N) is 1. The topological polar surface area (TPSA) is 77.8 Å². The molecule has 1 N–H and O–H groups in total. The number of fused-ring (bicyclic) bond motifs is 1. The van der Waals surface area contributed by atoms with Crippen molar-refractivity contribution in [3.05, 3.63) is 64.9 Å². The Kier molecular flexibility index (Phi) is 5.62. The van der Waals surface area contributed by atoms with Crippen LogP contribution in [0.15, 0.2) is 47.8 Å². The van der Waals surface area contributed by atoms with Crippen molar-refractivity contribution in [2.45, 2.75) is 6.42 Å². The zero-order valence-corrected chi connectivity index (χ0v) is 17.2. The fourth-order valence-electron chi connectivity index (χ4n) is 3.04. The number of benzene rings is 2. The van der Waals surface area contributed by atoms with Gasteiger partial charge in [0.05, 0.1) is 25.5 Å². The van der Waals surface area contributed by atoms with E-state index in [4.69, 9.17) is 9.47 Å². The van der Waals surface area contributed by atoms with Crippen molar-refractivity contribution >= 4 is 22.2 Å². The van der Waals surface area contributed by atoms with E-state index in [9.17, 15) is 9.18 Å². The third-order valence-corrected chi connectivity index (χ3v) is 5.44. The van der Waals surface area contributed by atoms with E-state index in [1.165, 1.54) is 24.5 Å². The molecule has 0 aliphatic carbocycles. The molecule has 0 bridgehead atoms. The summed E-state index contributed by atoms with van der Waals surface area (Å²) in [7, 11) is 3.07. The smallest absolute Gasteiger partial charge is 0.251 e. The lowest BCUT2D eigenvalue weighted by Crippen LogP contribution is -2.26. The number of ether oxygens (including phenoxy) is 2. The first-order valence-corrected chi connectivity index (χ1v) is 10.1. The molecule has 0 saturated heterocycles. The highest BCUT2D eigenvalue weighted by Crippen LogP contribution is 2.27. The average Bonchev–Trinajstić information content (AvgIpc) is 3.35. The van der Waals surface area contributed by atoms with E-state index in [2.05, 4.69) is 15.4 Å². The van der Waals surface area contributed by atoms with Crippen LogP contribution in [0.1, 0.15) is 16.1 Å². The molecule has 2 heterocycles. The van der Waals surface area contributed by atoms with Crippen molar-refractivity contribution in [3.63, 3.8) is 0 Å². The maximum Gasteiger partial charge on any atom is 0.251 e. The Hall–Kier alpha value is -3.46. The molecular formula is C21H19FN4O3S. The van der Waals surface area contributed by atoms with Crippen molar-refractivity contribution < 1.29 is 18.7 Å². The number of hydrogen-bond acceptors (Lipinski definition) is 6. The molecule has 2 aromatic heterocycles. The van der Waals surface area contributed by atoms with Gasteiger partial charge in [0.2, 0.25) is 4.96 Å². The maximum atomic E-state index is 14.0. The van der Waals surface area contributed by atoms with Crippen LogP contribution >= 0.6 is 11.3 Å². The third kappa shape index (κ3) is 3.84. The van der Waals surface area contributed by atoms with Crippen LogP contribution in [-0.2, 0) is 6.42 Å². The number of hydrogen-bond donors (Lipinski definition) is 1. The second kappa shape index (κ2) is 8.50. The van der Waals surface area contributed by atoms with E-state index < -0.39 is 0 Å². The first-order valence-electron chi connectivity index (χ1n) is 9.19. The number of rotatable bonds is 7. The summed E-state index contributed by atoms with van der Waals surface area (Å²) in [6.07, 6.45) is 0.555. The van der Waals surface area contributed by atoms with E-state index >= 15 is 0 Å². The van der Waals surface area contributed by atoms with Crippen LogP contribution in [0.2, 0.25) is 0 Å². The summed E-state index contributed by atoms with van der Waals surface area (Å²) in [5, 5.41) is 9.25. The zero-order valence-electron chi connectivity index (χ0n) is 16.4. The number of carbonyl (C=O) groups excluding carboxylic acids is 1. The summed E-state index contributed by atoms with van der Waals surface area (Å²) >= 11 is 1.42. The van der Waals surface area contributed by atoms with Gasteiger partial charge >= 0.3 is 0 Å². The van der Waals surface area contributed by atoms with Crippen LogP contribution in [0.25, 0.3) is 16.3 Å². The van der Waals surface area contributed by atoms with Crippen molar-refractivity contribution in [2.24, 2.45) is 0 Å². The second-order valence-corrected chi connectivity index (χ2v) is 7.25. The summed E-state index contributed by atoms with van der Waals surface area (Å²) in [6, 6.07) is 11.4. The van der Waals surface area contributed by atoms with Gasteiger partial charge in [-0.25, -0.2) is 8.91 Å². The molecule has 0 saturated carbocycles. The van der Waals surface area contributed by atoms with E-state index in [0.717, 1.165) is 5.69 Å². The highest BCUT2D eigenvalue weighted by Gasteiger charge is 2.15. The largest absolute Gasteiger partial charge is 0.493 e. The zero-order chi connectivity index (χ0) is 21.1. The van der Waals surface area contributed by atoms with Crippen LogP contribution in [0.5, 0.6) is 11.5 Å². The minimum atomic E-state index is -0.362. The van der Waals surface area contributed by atoms with Gasteiger partial charge in [-0.1, -0.05) is 12.1 Å². The first kappa shape index (κ1) is 19.8. The van der Waals surface area contributed by atoms with Gasteiger partial charge in [0, 0.05) is 23.9 Å². The molecule has 0 spiro atoms. The van der Waals surface area contributed by atoms with Crippen LogP contribution in [0, 0.1) is 5.82 Å². The van der Waals surface area contributed by atoms with Gasteiger partial charge in [-0.2, -0.15) is 4.98 Å². The molecule has 0 unspecified atom stereocenters. The molecule has 2 aromatic carbocycles. The second-order valence-electron chi connectivity index (χ2n) is 6.41. The summed E-state index contributed by atoms with van der Waals surface area (Å²) in [4.78, 5) is 17.5. The SMILES string of the molecule is COc1ccc(C(=O)NCCc2csc3nc(-c4ccccc4F)nn23)cc1OC. The number of thiazole rings is 1. The molecular weight excluding hydrogens is 407 g/mol. The predicted molar refractivity (Wildman–Crippen MR) is 112 cm³/mol. The number of halogens is 1. The van der Waals surface area contributed by atoms with E-state index in [-0.39, 0.29) is 11.7 Å². The fraction of sp³-hybridized carbons (Fsp3) is 0.190. The molecule has 1 amide bonds. The molecule has 0 aliphatic rings. The highest BCUT2D eigenvalue weighted by molar-refractivity contribution is 7.15. The number of amides is 1. The molecule has 0 atom stereocenters. The molecule has 7 nitrogen and oxygen atoms in total. The molecule has 0 radical (unpaired) electrons. The maximum absolute atomic E-state index is 14.0. The molecule has 30 heavy (non-hydrogen) atoms. The van der Waals surface area contributed by atoms with E-state index in [0.29, 0.717) is 46.4 Å². The summed E-state index contributed by atoms with van der Waals surface area (Å²) < 4.78 is 26.1. The third-order valence-electron chi connectivity index (χ3n) is 4.58. The monoisotopic (exact) mass is 426 g/mol. The number of carbonyl (C=O) groups is 1. The lowest BCUT2D eigenvalue weighted by Gasteiger charge is -2.10. The number of nitrogens with zero attached hydrogens (tertiary/aromatic N) is 3. The normalized spacial score (nSPS) is 10.9. The van der Waals surface area contributed by atoms with Crippen molar-refractivity contribution in [2.75, 3.05) is 20.8 Å². The Balaban J connectivity index is 1.44. The fourth-order valence-corrected chi connectivity index (χ4v) is 3.89. The molecule has 4 aromatic rings. The standard InChI is InChI=1S/C21H19FN4O3S/c1-28-17-8-7-13(11-18(17)29-2)20(27)23-10-9-14-12-30-21-24-19(25-26(14)21)15-5-3-4-6-16(15)22/h3-8,11-12H,9-10H2,1-2H3,(H,23,27). The van der Waals surface area contributed by atoms with Gasteiger partial charge in [-0.05, 0) is 30.3 Å². The molecule has 9 heteroatoms. The van der Waals surface area contributed by atoms with Crippen molar-refractivity contribution in [1.29, 1.82) is 0 Å². The van der Waals surface area contributed by atoms with Gasteiger partial charge < -0.3 is 14.8 Å². The Morgan fingerprint density at radius 1 is 1.17 bits per heavy atom. The van der Waals surface area contributed by atoms with Crippen molar-refractivity contribution in [1.82, 2.24) is 19.9 Å². The Labute approximate surface area is 176 Å². The molecule has 0 fully saturated rings.